The van der Waals surface area contributed by atoms with Crippen LogP contribution in [0.1, 0.15) is 0 Å². The van der Waals surface area contributed by atoms with Gasteiger partial charge in [0.15, 0.2) is 0 Å². The van der Waals surface area contributed by atoms with Gasteiger partial charge in [-0.05, 0) is 303 Å². The van der Waals surface area contributed by atoms with Crippen molar-refractivity contribution in [1.29, 1.82) is 0 Å². The highest BCUT2D eigenvalue weighted by Gasteiger charge is 2.34. The van der Waals surface area contributed by atoms with Crippen LogP contribution in [-0.4, -0.2) is 0 Å². The van der Waals surface area contributed by atoms with E-state index in [9.17, 15) is 0 Å². The first-order chi connectivity index (χ1) is 74.5. The normalized spacial score (nSPS) is 11.2. The van der Waals surface area contributed by atoms with E-state index in [4.69, 9.17) is 0 Å². The predicted molar refractivity (Wildman–Crippen MR) is 637 cm³/mol. The highest BCUT2D eigenvalue weighted by atomic mass is 14.4. The van der Waals surface area contributed by atoms with E-state index in [1.54, 1.807) is 0 Å². The van der Waals surface area contributed by atoms with Crippen LogP contribution in [0.5, 0.6) is 0 Å². The smallest absolute Gasteiger partial charge is 0.00143 e. The molecule has 0 N–H and O–H groups in total. The third-order valence-corrected chi connectivity index (χ3v) is 29.6. The predicted octanol–water partition coefficient (Wildman–Crippen LogP) is 41.7. The summed E-state index contributed by atoms with van der Waals surface area (Å²) in [5.41, 5.74) is 53.8. The van der Waals surface area contributed by atoms with Crippen LogP contribution in [-0.2, 0) is 0 Å². The zero-order valence-electron chi connectivity index (χ0n) is 82.9. The topological polar surface area (TPSA) is 0 Å². The molecule has 0 heteroatoms. The second-order valence-corrected chi connectivity index (χ2v) is 38.4. The fraction of sp³-hybridized carbons (Fsp3) is 0. The first-order valence-electron chi connectivity index (χ1n) is 51.8. The Balaban J connectivity index is 0.759. The van der Waals surface area contributed by atoms with Crippen molar-refractivity contribution >= 4 is 0 Å². The summed E-state index contributed by atoms with van der Waals surface area (Å²) in [6.07, 6.45) is 0. The molecule has 0 amide bonds. The molecule has 0 fully saturated rings. The van der Waals surface area contributed by atoms with Crippen LogP contribution >= 0.6 is 0 Å². The molecule has 25 rings (SSSR count). The van der Waals surface area contributed by atoms with E-state index >= 15 is 0 Å². The van der Waals surface area contributed by atoms with E-state index in [1.165, 1.54) is 11.1 Å². The molecule has 0 radical (unpaired) electrons. The lowest BCUT2D eigenvalue weighted by atomic mass is 9.76. The fourth-order valence-corrected chi connectivity index (χ4v) is 22.9. The van der Waals surface area contributed by atoms with Crippen molar-refractivity contribution < 1.29 is 0 Å². The fourth-order valence-electron chi connectivity index (χ4n) is 22.9. The van der Waals surface area contributed by atoms with Crippen LogP contribution in [0.25, 0.3) is 267 Å². The molecule has 150 heavy (non-hydrogen) atoms. The molecule has 25 aromatic rings. The van der Waals surface area contributed by atoms with Gasteiger partial charge in [-0.15, -0.1) is 0 Å². The highest BCUT2D eigenvalue weighted by Crippen LogP contribution is 2.60. The molecule has 0 saturated heterocycles. The Labute approximate surface area is 879 Å². The lowest BCUT2D eigenvalue weighted by Crippen LogP contribution is -2.00. The molecule has 0 heterocycles. The number of hydrogen-bond acceptors (Lipinski definition) is 0. The Hall–Kier alpha value is -19.5. The van der Waals surface area contributed by atoms with Gasteiger partial charge in [-0.2, -0.15) is 0 Å². The van der Waals surface area contributed by atoms with Gasteiger partial charge in [0, 0.05) is 0 Å². The first kappa shape index (κ1) is 91.7. The molecule has 25 aromatic carbocycles. The Kier molecular flexibility index (Phi) is 25.5. The van der Waals surface area contributed by atoms with Crippen molar-refractivity contribution in [3.8, 4) is 267 Å². The third-order valence-electron chi connectivity index (χ3n) is 29.6. The van der Waals surface area contributed by atoms with Gasteiger partial charge >= 0.3 is 0 Å². The van der Waals surface area contributed by atoms with Gasteiger partial charge < -0.3 is 0 Å². The molecular weight excluding hydrogens is 1800 g/mol. The molecule has 0 atom stereocenters. The molecule has 0 saturated carbocycles. The molecule has 0 nitrogen and oxygen atoms in total. The molecule has 0 aromatic heterocycles. The van der Waals surface area contributed by atoms with E-state index in [0.717, 1.165) is 256 Å². The summed E-state index contributed by atoms with van der Waals surface area (Å²) in [6.45, 7) is 0. The minimum Gasteiger partial charge on any atom is -0.0622 e. The van der Waals surface area contributed by atoms with Crippen LogP contribution in [0.2, 0.25) is 0 Å². The van der Waals surface area contributed by atoms with Crippen molar-refractivity contribution in [1.82, 2.24) is 0 Å². The minimum atomic E-state index is 1.07. The number of rotatable bonds is 24. The molecular formula is C150H102. The van der Waals surface area contributed by atoms with Gasteiger partial charge in [-0.1, -0.05) is 582 Å². The number of benzene rings is 25. The summed E-state index contributed by atoms with van der Waals surface area (Å²) in [7, 11) is 0. The maximum absolute atomic E-state index is 2.53. The van der Waals surface area contributed by atoms with Gasteiger partial charge in [0.2, 0.25) is 0 Å². The molecule has 0 unspecified atom stereocenters. The van der Waals surface area contributed by atoms with Crippen LogP contribution in [0.4, 0.5) is 0 Å². The summed E-state index contributed by atoms with van der Waals surface area (Å²) >= 11 is 0. The Morgan fingerprint density at radius 2 is 0.173 bits per heavy atom. The zero-order chi connectivity index (χ0) is 99.8. The van der Waals surface area contributed by atoms with Gasteiger partial charge in [0.25, 0.3) is 0 Å². The van der Waals surface area contributed by atoms with E-state index < -0.39 is 0 Å². The monoisotopic (exact) mass is 1900 g/mol. The van der Waals surface area contributed by atoms with Crippen molar-refractivity contribution in [3.63, 3.8) is 0 Å². The van der Waals surface area contributed by atoms with Gasteiger partial charge in [0.1, 0.15) is 0 Å². The van der Waals surface area contributed by atoms with Crippen molar-refractivity contribution in [2.45, 2.75) is 0 Å². The van der Waals surface area contributed by atoms with Gasteiger partial charge in [0.05, 0.1) is 0 Å². The summed E-state index contributed by atoms with van der Waals surface area (Å²) in [5.74, 6) is 0. The summed E-state index contributed by atoms with van der Waals surface area (Å²) in [5, 5.41) is 0. The van der Waals surface area contributed by atoms with Crippen LogP contribution in [0.15, 0.2) is 619 Å². The lowest BCUT2D eigenvalue weighted by molar-refractivity contribution is 1.50. The quantitative estimate of drug-likeness (QED) is 0.0566. The maximum atomic E-state index is 2.53. The standard InChI is InChI=1S/C150H102/c1-17-53-105(54-18-1)129-99-135(143(113-69-33-9-34-70-113)147(117-77-41-13-42-78-117)139(129)109-61-25-5-26-62-109)125-87-51-49-85-123(125)127-95-93-121(97-133(127)137-101-131(107-57-21-3-22-58-107)141(111-65-29-7-30-66-111)149(119-81-45-15-46-82-119)145(137)115-73-37-11-38-74-115)103-89-91-104(92-90-103)122-94-96-128(134(98-122)138-102-132(108-59-23-4-24-60-108)142(112-67-31-8-32-68-112)150(120-83-47-16-48-84-120)146(138)116-75-39-12-40-76-116)124-86-50-52-88-126(124)136-100-130(106-55-19-2-20-56-106)140(110-63-27-6-28-64-110)148(118-79-43-14-44-80-118)144(136)114-71-35-10-36-72-114/h1-102H. The highest BCUT2D eigenvalue weighted by molar-refractivity contribution is 6.16. The zero-order valence-corrected chi connectivity index (χ0v) is 82.9. The van der Waals surface area contributed by atoms with E-state index in [2.05, 4.69) is 619 Å². The average molecular weight is 1900 g/mol. The van der Waals surface area contributed by atoms with E-state index in [0.29, 0.717) is 0 Å². The summed E-state index contributed by atoms with van der Waals surface area (Å²) < 4.78 is 0. The Morgan fingerprint density at radius 3 is 0.347 bits per heavy atom. The summed E-state index contributed by atoms with van der Waals surface area (Å²) in [4.78, 5) is 0. The molecule has 0 aliphatic carbocycles. The van der Waals surface area contributed by atoms with Crippen LogP contribution in [0.3, 0.4) is 0 Å². The van der Waals surface area contributed by atoms with Crippen LogP contribution < -0.4 is 0 Å². The molecule has 0 aliphatic heterocycles. The second kappa shape index (κ2) is 41.7. The Morgan fingerprint density at radius 1 is 0.0533 bits per heavy atom. The third kappa shape index (κ3) is 17.8. The lowest BCUT2D eigenvalue weighted by Gasteiger charge is -2.27. The van der Waals surface area contributed by atoms with Crippen LogP contribution in [0, 0.1) is 0 Å². The molecule has 0 aliphatic rings. The largest absolute Gasteiger partial charge is 0.0622 e. The second-order valence-electron chi connectivity index (χ2n) is 38.4. The van der Waals surface area contributed by atoms with Gasteiger partial charge in [-0.25, -0.2) is 0 Å². The first-order valence-corrected chi connectivity index (χ1v) is 51.8. The van der Waals surface area contributed by atoms with Crippen molar-refractivity contribution in [3.05, 3.63) is 619 Å². The minimum absolute atomic E-state index is 1.07. The molecule has 0 bridgehead atoms. The maximum Gasteiger partial charge on any atom is -0.00143 e. The van der Waals surface area contributed by atoms with Crippen molar-refractivity contribution in [2.75, 3.05) is 0 Å². The SMILES string of the molecule is c1ccc(-c2cc(-c3ccccc3-c3ccc(-c4ccc(-c5ccc(-c6ccccc6-c6cc(-c7ccccc7)c(-c7ccccc7)c(-c7ccccc7)c6-c6ccccc6)c(-c6cc(-c7ccccc7)c(-c7ccccc7)c(-c7ccccc7)c6-c6ccccc6)c5)cc4)cc3-c3cc(-c4ccccc4)c(-c4ccccc4)c(-c4ccccc4)c3-c3ccccc3)c(-c3ccccc3)c(-c3ccccc3)c2-c2ccccc2)cc1. The number of hydrogen-bond donors (Lipinski definition) is 0. The molecule has 702 valence electrons. The van der Waals surface area contributed by atoms with E-state index in [-0.39, 0.29) is 0 Å². The van der Waals surface area contributed by atoms with E-state index in [1.807, 2.05) is 0 Å². The average Bonchev–Trinajstić information content (AvgIpc) is 0.722. The Bertz CT molecular complexity index is 8570. The molecule has 0 spiro atoms. The summed E-state index contributed by atoms with van der Waals surface area (Å²) in [6, 6.07) is 230. The van der Waals surface area contributed by atoms with Crippen molar-refractivity contribution in [2.24, 2.45) is 0 Å². The van der Waals surface area contributed by atoms with Gasteiger partial charge in [-0.3, -0.25) is 0 Å².